The number of carbonyl (C=O) groups excluding carboxylic acids is 2. The summed E-state index contributed by atoms with van der Waals surface area (Å²) in [5, 5.41) is 3.36. The fourth-order valence-electron chi connectivity index (χ4n) is 2.01. The van der Waals surface area contributed by atoms with E-state index in [1.807, 2.05) is 12.1 Å². The molecule has 1 N–H and O–H groups in total. The molecule has 0 aromatic heterocycles. The monoisotopic (exact) mass is 334 g/mol. The van der Waals surface area contributed by atoms with E-state index >= 15 is 0 Å². The normalized spacial score (nSPS) is 10.2. The molecule has 0 radical (unpaired) electrons. The zero-order valence-corrected chi connectivity index (χ0v) is 13.3. The molecule has 0 fully saturated rings. The number of hydrogen-bond donors (Lipinski definition) is 1. The standard InChI is InChI=1S/C17H16ClFN2O2/c1-12(22)21(16-8-6-15(19)7-9-16)11-17(23)20-10-13-2-4-14(18)5-3-13/h2-9H,10-11H2,1H3,(H,20,23). The minimum Gasteiger partial charge on any atom is -0.350 e. The van der Waals surface area contributed by atoms with Crippen molar-refractivity contribution in [2.24, 2.45) is 0 Å². The molecular weight excluding hydrogens is 319 g/mol. The van der Waals surface area contributed by atoms with Gasteiger partial charge in [-0.15, -0.1) is 0 Å². The third-order valence-electron chi connectivity index (χ3n) is 3.22. The van der Waals surface area contributed by atoms with Crippen LogP contribution in [0.15, 0.2) is 48.5 Å². The molecule has 0 aliphatic heterocycles. The second kappa shape index (κ2) is 7.74. The van der Waals surface area contributed by atoms with Crippen molar-refractivity contribution in [2.45, 2.75) is 13.5 Å². The Kier molecular flexibility index (Phi) is 5.71. The topological polar surface area (TPSA) is 49.4 Å². The summed E-state index contributed by atoms with van der Waals surface area (Å²) < 4.78 is 13.0. The largest absolute Gasteiger partial charge is 0.350 e. The van der Waals surface area contributed by atoms with Crippen molar-refractivity contribution in [1.29, 1.82) is 0 Å². The summed E-state index contributed by atoms with van der Waals surface area (Å²) >= 11 is 5.80. The summed E-state index contributed by atoms with van der Waals surface area (Å²) in [5.41, 5.74) is 1.37. The number of nitrogens with one attached hydrogen (secondary N) is 1. The van der Waals surface area contributed by atoms with Gasteiger partial charge in [0, 0.05) is 24.2 Å². The number of amides is 2. The number of hydrogen-bond acceptors (Lipinski definition) is 2. The highest BCUT2D eigenvalue weighted by molar-refractivity contribution is 6.30. The second-order valence-electron chi connectivity index (χ2n) is 4.98. The number of anilines is 1. The molecule has 0 saturated carbocycles. The van der Waals surface area contributed by atoms with Gasteiger partial charge in [-0.1, -0.05) is 23.7 Å². The van der Waals surface area contributed by atoms with Crippen LogP contribution in [-0.4, -0.2) is 18.4 Å². The highest BCUT2D eigenvalue weighted by Gasteiger charge is 2.15. The molecule has 4 nitrogen and oxygen atoms in total. The molecule has 0 bridgehead atoms. The van der Waals surface area contributed by atoms with Gasteiger partial charge in [0.25, 0.3) is 0 Å². The Hall–Kier alpha value is -2.40. The minimum atomic E-state index is -0.399. The molecule has 2 rings (SSSR count). The number of benzene rings is 2. The van der Waals surface area contributed by atoms with E-state index in [2.05, 4.69) is 5.32 Å². The smallest absolute Gasteiger partial charge is 0.240 e. The van der Waals surface area contributed by atoms with Crippen molar-refractivity contribution in [1.82, 2.24) is 5.32 Å². The lowest BCUT2D eigenvalue weighted by Crippen LogP contribution is -2.39. The minimum absolute atomic E-state index is 0.130. The highest BCUT2D eigenvalue weighted by Crippen LogP contribution is 2.15. The number of carbonyl (C=O) groups is 2. The van der Waals surface area contributed by atoms with Gasteiger partial charge in [-0.3, -0.25) is 9.59 Å². The molecule has 6 heteroatoms. The van der Waals surface area contributed by atoms with Crippen molar-refractivity contribution in [3.63, 3.8) is 0 Å². The van der Waals surface area contributed by atoms with E-state index in [9.17, 15) is 14.0 Å². The summed E-state index contributed by atoms with van der Waals surface area (Å²) in [5.74, 6) is -0.998. The van der Waals surface area contributed by atoms with Crippen molar-refractivity contribution in [3.8, 4) is 0 Å². The van der Waals surface area contributed by atoms with Crippen LogP contribution < -0.4 is 10.2 Å². The molecule has 0 spiro atoms. The molecule has 2 amide bonds. The van der Waals surface area contributed by atoms with Gasteiger partial charge in [0.2, 0.25) is 11.8 Å². The predicted octanol–water partition coefficient (Wildman–Crippen LogP) is 3.15. The number of nitrogens with zero attached hydrogens (tertiary/aromatic N) is 1. The first-order valence-corrected chi connectivity index (χ1v) is 7.38. The Labute approximate surface area is 138 Å². The lowest BCUT2D eigenvalue weighted by atomic mass is 10.2. The van der Waals surface area contributed by atoms with Gasteiger partial charge in [0.1, 0.15) is 12.4 Å². The van der Waals surface area contributed by atoms with Crippen LogP contribution in [-0.2, 0) is 16.1 Å². The van der Waals surface area contributed by atoms with Crippen molar-refractivity contribution in [3.05, 3.63) is 64.9 Å². The molecule has 0 aliphatic rings. The Bertz CT molecular complexity index is 687. The van der Waals surface area contributed by atoms with E-state index in [1.54, 1.807) is 12.1 Å². The molecule has 0 aliphatic carbocycles. The molecule has 120 valence electrons. The van der Waals surface area contributed by atoms with Crippen LogP contribution in [0.5, 0.6) is 0 Å². The van der Waals surface area contributed by atoms with E-state index in [-0.39, 0.29) is 18.4 Å². The van der Waals surface area contributed by atoms with E-state index in [4.69, 9.17) is 11.6 Å². The van der Waals surface area contributed by atoms with Crippen LogP contribution >= 0.6 is 11.6 Å². The summed E-state index contributed by atoms with van der Waals surface area (Å²) in [7, 11) is 0. The van der Waals surface area contributed by atoms with Crippen LogP contribution in [0.2, 0.25) is 5.02 Å². The number of halogens is 2. The Balaban J connectivity index is 1.96. The highest BCUT2D eigenvalue weighted by atomic mass is 35.5. The number of rotatable bonds is 5. The van der Waals surface area contributed by atoms with E-state index < -0.39 is 5.82 Å². The quantitative estimate of drug-likeness (QED) is 0.913. The van der Waals surface area contributed by atoms with Crippen LogP contribution in [0, 0.1) is 5.82 Å². The van der Waals surface area contributed by atoms with E-state index in [0.29, 0.717) is 17.3 Å². The van der Waals surface area contributed by atoms with Crippen LogP contribution in [0.3, 0.4) is 0 Å². The zero-order chi connectivity index (χ0) is 16.8. The third kappa shape index (κ3) is 5.07. The second-order valence-corrected chi connectivity index (χ2v) is 5.42. The molecule has 23 heavy (non-hydrogen) atoms. The van der Waals surface area contributed by atoms with Crippen molar-refractivity contribution >= 4 is 29.1 Å². The van der Waals surface area contributed by atoms with Gasteiger partial charge in [-0.05, 0) is 42.0 Å². The summed E-state index contributed by atoms with van der Waals surface area (Å²) in [6.45, 7) is 1.57. The fourth-order valence-corrected chi connectivity index (χ4v) is 2.13. The average molecular weight is 335 g/mol. The van der Waals surface area contributed by atoms with Gasteiger partial charge in [0.15, 0.2) is 0 Å². The zero-order valence-electron chi connectivity index (χ0n) is 12.6. The van der Waals surface area contributed by atoms with Gasteiger partial charge in [-0.2, -0.15) is 0 Å². The molecule has 0 heterocycles. The van der Waals surface area contributed by atoms with Crippen molar-refractivity contribution in [2.75, 3.05) is 11.4 Å². The lowest BCUT2D eigenvalue weighted by Gasteiger charge is -2.20. The summed E-state index contributed by atoms with van der Waals surface area (Å²) in [4.78, 5) is 25.0. The van der Waals surface area contributed by atoms with Gasteiger partial charge < -0.3 is 10.2 Å². The maximum absolute atomic E-state index is 13.0. The predicted molar refractivity (Wildman–Crippen MR) is 87.7 cm³/mol. The van der Waals surface area contributed by atoms with Gasteiger partial charge in [-0.25, -0.2) is 4.39 Å². The molecule has 0 saturated heterocycles. The molecule has 0 atom stereocenters. The van der Waals surface area contributed by atoms with Crippen LogP contribution in [0.1, 0.15) is 12.5 Å². The first-order valence-electron chi connectivity index (χ1n) is 7.00. The fraction of sp³-hybridized carbons (Fsp3) is 0.176. The SMILES string of the molecule is CC(=O)N(CC(=O)NCc1ccc(Cl)cc1)c1ccc(F)cc1. The first-order chi connectivity index (χ1) is 11.0. The van der Waals surface area contributed by atoms with Crippen LogP contribution in [0.25, 0.3) is 0 Å². The average Bonchev–Trinajstić information content (AvgIpc) is 2.53. The maximum atomic E-state index is 13.0. The molecule has 0 unspecified atom stereocenters. The lowest BCUT2D eigenvalue weighted by molar-refractivity contribution is -0.123. The Morgan fingerprint density at radius 3 is 2.26 bits per heavy atom. The summed E-state index contributed by atoms with van der Waals surface area (Å²) in [6.07, 6.45) is 0. The Morgan fingerprint density at radius 1 is 1.09 bits per heavy atom. The summed E-state index contributed by atoms with van der Waals surface area (Å²) in [6, 6.07) is 12.5. The maximum Gasteiger partial charge on any atom is 0.240 e. The molecular formula is C17H16ClFN2O2. The van der Waals surface area contributed by atoms with Crippen LogP contribution in [0.4, 0.5) is 10.1 Å². The van der Waals surface area contributed by atoms with E-state index in [0.717, 1.165) is 5.56 Å². The third-order valence-corrected chi connectivity index (χ3v) is 3.48. The Morgan fingerprint density at radius 2 is 1.70 bits per heavy atom. The van der Waals surface area contributed by atoms with Gasteiger partial charge >= 0.3 is 0 Å². The van der Waals surface area contributed by atoms with Crippen molar-refractivity contribution < 1.29 is 14.0 Å². The first kappa shape index (κ1) is 17.0. The van der Waals surface area contributed by atoms with E-state index in [1.165, 1.54) is 36.1 Å². The molecule has 2 aromatic rings. The van der Waals surface area contributed by atoms with Gasteiger partial charge in [0.05, 0.1) is 0 Å². The molecule has 2 aromatic carbocycles.